The summed E-state index contributed by atoms with van der Waals surface area (Å²) in [6.45, 7) is 0. The fourth-order valence-corrected chi connectivity index (χ4v) is 0. The second-order valence-electron chi connectivity index (χ2n) is 0.791. The zero-order valence-electron chi connectivity index (χ0n) is 4.63. The van der Waals surface area contributed by atoms with Crippen LogP contribution in [0.25, 0.3) is 0 Å². The van der Waals surface area contributed by atoms with E-state index in [1.54, 1.807) is 0 Å². The van der Waals surface area contributed by atoms with Gasteiger partial charge in [-0.25, -0.2) is 0 Å². The third kappa shape index (κ3) is 222. The Morgan fingerprint density at radius 1 is 1.18 bits per heavy atom. The molecule has 0 rings (SSSR count). The quantitative estimate of drug-likeness (QED) is 0.148. The maximum absolute atomic E-state index is 8.91. The molecule has 7 nitrogen and oxygen atoms in total. The first kappa shape index (κ1) is 23.4. The van der Waals surface area contributed by atoms with Gasteiger partial charge in [0.25, 0.3) is 0 Å². The van der Waals surface area contributed by atoms with Crippen LogP contribution in [0.15, 0.2) is 0 Å². The molecule has 0 atom stereocenters. The van der Waals surface area contributed by atoms with Gasteiger partial charge in [0.1, 0.15) is 0 Å². The van der Waals surface area contributed by atoms with Crippen molar-refractivity contribution < 1.29 is 32.2 Å². The van der Waals surface area contributed by atoms with Crippen LogP contribution in [0.4, 0.5) is 0 Å². The van der Waals surface area contributed by atoms with Crippen molar-refractivity contribution in [2.45, 2.75) is 0 Å². The Labute approximate surface area is 125 Å². The largest absolute Gasteiger partial charge is 0.794 e. The average molecular weight is 258 g/mol. The smallest absolute Gasteiger partial charge is 0.404 e. The summed E-state index contributed by atoms with van der Waals surface area (Å²) in [5.74, 6) is 0. The maximum atomic E-state index is 8.91. The second kappa shape index (κ2) is 12.5. The number of hydrogen-bond acceptors (Lipinski definition) is 7. The summed E-state index contributed by atoms with van der Waals surface area (Å²) in [5.41, 5.74) is 0. The fourth-order valence-electron chi connectivity index (χ4n) is 0. The third-order valence-electron chi connectivity index (χ3n) is 0. The molecule has 4 N–H and O–H groups in total. The van der Waals surface area contributed by atoms with Crippen LogP contribution >= 0.6 is 0 Å². The van der Waals surface area contributed by atoms with Crippen molar-refractivity contribution >= 4 is 95.5 Å². The monoisotopic (exact) mass is 258 g/mol. The molecule has 0 aromatic rings. The molecule has 0 aliphatic carbocycles. The van der Waals surface area contributed by atoms with Gasteiger partial charge in [0.15, 0.2) is 0 Å². The van der Waals surface area contributed by atoms with Gasteiger partial charge in [-0.2, -0.15) is 0 Å². The first-order valence-corrected chi connectivity index (χ1v) is 4.17. The van der Waals surface area contributed by atoms with E-state index in [4.69, 9.17) is 32.2 Å². The van der Waals surface area contributed by atoms with Crippen molar-refractivity contribution in [1.82, 2.24) is 0 Å². The van der Waals surface area contributed by atoms with E-state index in [-0.39, 0.29) is 75.5 Å². The SMILES string of the molecule is O=[S-](=O)O.[Ca+2].[CaH2].[O-][Si](O)(O)O. The second-order valence-corrected chi connectivity index (χ2v) is 2.37. The molecule has 0 aliphatic heterocycles. The Morgan fingerprint density at radius 2 is 1.18 bits per heavy atom. The van der Waals surface area contributed by atoms with Crippen LogP contribution in [-0.2, 0) is 19.4 Å². The maximum Gasteiger partial charge on any atom is 0.404 e. The van der Waals surface area contributed by atoms with Crippen LogP contribution in [0.1, 0.15) is 0 Å². The van der Waals surface area contributed by atoms with Crippen molar-refractivity contribution in [2.24, 2.45) is 0 Å². The summed E-state index contributed by atoms with van der Waals surface area (Å²) < 4.78 is 24.1. The molecule has 11 heavy (non-hydrogen) atoms. The van der Waals surface area contributed by atoms with Crippen molar-refractivity contribution in [3.05, 3.63) is 0 Å². The average Bonchev–Trinajstić information content (AvgIpc) is 1.19. The fraction of sp³-hybridized carbons (Fsp3) is 0. The van der Waals surface area contributed by atoms with Crippen molar-refractivity contribution in [3.8, 4) is 0 Å². The molecule has 0 bridgehead atoms. The molecule has 0 aliphatic rings. The molecule has 0 amide bonds. The molecule has 0 aromatic heterocycles. The Hall–Kier alpha value is 2.49. The standard InChI is InChI=1S/2Ca.H3O4Si.HO3S.2H/c;;1-5(2,3)4;1-4(2)3;;/h;;1-3H;(H,1,2,3);;/q;+2;2*-1;;. The van der Waals surface area contributed by atoms with Crippen molar-refractivity contribution in [1.29, 1.82) is 0 Å². The van der Waals surface area contributed by atoms with E-state index in [0.29, 0.717) is 0 Å². The zero-order chi connectivity index (χ0) is 8.08. The molecule has 0 saturated carbocycles. The van der Waals surface area contributed by atoms with E-state index in [2.05, 4.69) is 0 Å². The topological polar surface area (TPSA) is 138 Å². The van der Waals surface area contributed by atoms with Crippen molar-refractivity contribution in [3.63, 3.8) is 0 Å². The molecule has 62 valence electrons. The van der Waals surface area contributed by atoms with Gasteiger partial charge in [-0.05, 0) is 0 Å². The molecule has 0 aromatic carbocycles. The van der Waals surface area contributed by atoms with Crippen LogP contribution in [0.2, 0.25) is 0 Å². The predicted octanol–water partition coefficient (Wildman–Crippen LogP) is -4.77. The molecule has 0 unspecified atom stereocenters. The molecule has 0 radical (unpaired) electrons. The van der Waals surface area contributed by atoms with Crippen LogP contribution in [0.5, 0.6) is 0 Å². The van der Waals surface area contributed by atoms with Crippen molar-refractivity contribution in [2.75, 3.05) is 0 Å². The minimum atomic E-state index is -4.86. The van der Waals surface area contributed by atoms with E-state index in [9.17, 15) is 0 Å². The van der Waals surface area contributed by atoms with E-state index in [1.807, 2.05) is 0 Å². The van der Waals surface area contributed by atoms with Crippen LogP contribution in [0, 0.1) is 0 Å². The Morgan fingerprint density at radius 3 is 1.18 bits per heavy atom. The number of rotatable bonds is 0. The summed E-state index contributed by atoms with van der Waals surface area (Å²) >= 11 is 0. The Bertz CT molecular complexity index is 111. The first-order valence-electron chi connectivity index (χ1n) is 1.39. The van der Waals surface area contributed by atoms with E-state index >= 15 is 0 Å². The zero-order valence-corrected chi connectivity index (χ0v) is 8.65. The normalized spacial score (nSPS) is 8.55. The Kier molecular flexibility index (Phi) is 26.5. The first-order chi connectivity index (χ1) is 3.73. The minimum Gasteiger partial charge on any atom is -0.794 e. The van der Waals surface area contributed by atoms with E-state index < -0.39 is 20.0 Å². The molecule has 0 spiro atoms. The van der Waals surface area contributed by atoms with E-state index in [1.165, 1.54) is 0 Å². The van der Waals surface area contributed by atoms with Crippen LogP contribution in [0.3, 0.4) is 0 Å². The van der Waals surface area contributed by atoms with Gasteiger partial charge in [-0.3, -0.25) is 0 Å². The molecule has 0 heterocycles. The minimum absolute atomic E-state index is 0. The van der Waals surface area contributed by atoms with Gasteiger partial charge in [0.2, 0.25) is 0 Å². The summed E-state index contributed by atoms with van der Waals surface area (Å²) in [5, 5.41) is 0. The number of hydrogen-bond donors (Lipinski definition) is 4. The molecule has 0 fully saturated rings. The third-order valence-corrected chi connectivity index (χ3v) is 0. The summed E-state index contributed by atoms with van der Waals surface area (Å²) in [6.07, 6.45) is 0. The van der Waals surface area contributed by atoms with Gasteiger partial charge >= 0.3 is 84.5 Å². The van der Waals surface area contributed by atoms with E-state index in [0.717, 1.165) is 0 Å². The van der Waals surface area contributed by atoms with Crippen LogP contribution < -0.4 is 4.80 Å². The van der Waals surface area contributed by atoms with Gasteiger partial charge < -0.3 is 32.2 Å². The summed E-state index contributed by atoms with van der Waals surface area (Å²) in [6, 6.07) is 0. The van der Waals surface area contributed by atoms with Gasteiger partial charge in [-0.1, -0.05) is 0 Å². The van der Waals surface area contributed by atoms with Gasteiger partial charge in [-0.15, -0.1) is 0 Å². The summed E-state index contributed by atoms with van der Waals surface area (Å²) in [7, 11) is -7.72. The summed E-state index contributed by atoms with van der Waals surface area (Å²) in [4.78, 5) is 30.6. The molecule has 11 heteroatoms. The Balaban J connectivity index is -0.0000000383. The predicted molar refractivity (Wildman–Crippen MR) is 38.1 cm³/mol. The molecular formula is H6Ca2O7SSi. The van der Waals surface area contributed by atoms with Crippen LogP contribution in [-0.4, -0.2) is 103 Å². The molecular weight excluding hydrogens is 252 g/mol. The van der Waals surface area contributed by atoms with Gasteiger partial charge in [0.05, 0.1) is 0 Å². The molecule has 0 saturated heterocycles. The van der Waals surface area contributed by atoms with Gasteiger partial charge in [0, 0.05) is 11.0 Å².